The lowest BCUT2D eigenvalue weighted by Crippen LogP contribution is -2.43. The Hall–Kier alpha value is -1.13. The number of nitrogens with zero attached hydrogens (tertiary/aromatic N) is 1. The average molecular weight is 285 g/mol. The molecule has 114 valence electrons. The molecule has 2 fully saturated rings. The van der Waals surface area contributed by atoms with Gasteiger partial charge >= 0.3 is 5.97 Å². The summed E-state index contributed by atoms with van der Waals surface area (Å²) in [4.78, 5) is 25.0. The number of likely N-dealkylation sites (tertiary alicyclic amines) is 1. The predicted molar refractivity (Wildman–Crippen MR) is 73.0 cm³/mol. The predicted octanol–water partition coefficient (Wildman–Crippen LogP) is 2.47. The van der Waals surface area contributed by atoms with Crippen LogP contribution in [0.25, 0.3) is 0 Å². The molecule has 2 rings (SSSR count). The van der Waals surface area contributed by atoms with Gasteiger partial charge in [0.15, 0.2) is 0 Å². The molecule has 1 N–H and O–H groups in total. The highest BCUT2D eigenvalue weighted by atomic mass is 19.1. The van der Waals surface area contributed by atoms with Crippen molar-refractivity contribution < 1.29 is 19.1 Å². The molecule has 1 aliphatic heterocycles. The van der Waals surface area contributed by atoms with E-state index >= 15 is 0 Å². The fraction of sp³-hybridized carbons (Fsp3) is 0.867. The van der Waals surface area contributed by atoms with Crippen LogP contribution < -0.4 is 0 Å². The minimum absolute atomic E-state index is 0.0597. The lowest BCUT2D eigenvalue weighted by Gasteiger charge is -2.34. The Balaban J connectivity index is 1.98. The second kappa shape index (κ2) is 5.70. The molecule has 4 nitrogen and oxygen atoms in total. The van der Waals surface area contributed by atoms with Crippen molar-refractivity contribution in [3.05, 3.63) is 0 Å². The summed E-state index contributed by atoms with van der Waals surface area (Å²) in [7, 11) is 0. The topological polar surface area (TPSA) is 57.6 Å². The number of carbonyl (C=O) groups excluding carboxylic acids is 1. The summed E-state index contributed by atoms with van der Waals surface area (Å²) in [6.45, 7) is 4.67. The maximum atomic E-state index is 13.5. The number of carboxylic acid groups (broad SMARTS) is 1. The highest BCUT2D eigenvalue weighted by Crippen LogP contribution is 2.41. The van der Waals surface area contributed by atoms with Crippen LogP contribution in [0, 0.1) is 17.3 Å². The van der Waals surface area contributed by atoms with Gasteiger partial charge in [0.25, 0.3) is 0 Å². The first-order valence-electron chi connectivity index (χ1n) is 7.50. The van der Waals surface area contributed by atoms with Crippen LogP contribution in [0.5, 0.6) is 0 Å². The summed E-state index contributed by atoms with van der Waals surface area (Å²) in [5, 5.41) is 8.72. The third kappa shape index (κ3) is 2.81. The second-order valence-corrected chi connectivity index (χ2v) is 6.74. The van der Waals surface area contributed by atoms with E-state index in [9.17, 15) is 14.0 Å². The Morgan fingerprint density at radius 2 is 1.85 bits per heavy atom. The molecular weight excluding hydrogens is 261 g/mol. The molecule has 0 aromatic carbocycles. The number of carboxylic acids is 1. The maximum Gasteiger partial charge on any atom is 0.338 e. The lowest BCUT2D eigenvalue weighted by atomic mass is 9.76. The maximum absolute atomic E-state index is 13.5. The van der Waals surface area contributed by atoms with E-state index in [0.29, 0.717) is 18.9 Å². The van der Waals surface area contributed by atoms with Crippen LogP contribution in [0.2, 0.25) is 0 Å². The standard InChI is InChI=1S/C15H24FNO3/c1-15(2,11-5-3-4-6-11)14(20)17-8-7-10(9-17)12(16)13(18)19/h10-12H,3-9H2,1-2H3,(H,18,19). The van der Waals surface area contributed by atoms with Gasteiger partial charge in [0, 0.05) is 24.4 Å². The number of hydrogen-bond acceptors (Lipinski definition) is 2. The zero-order chi connectivity index (χ0) is 14.9. The minimum atomic E-state index is -1.86. The number of carbonyl (C=O) groups is 2. The molecule has 1 aliphatic carbocycles. The van der Waals surface area contributed by atoms with E-state index in [0.717, 1.165) is 12.8 Å². The first-order valence-corrected chi connectivity index (χ1v) is 7.50. The molecule has 5 heteroatoms. The Labute approximate surface area is 119 Å². The molecule has 1 amide bonds. The molecule has 0 bridgehead atoms. The minimum Gasteiger partial charge on any atom is -0.479 e. The summed E-state index contributed by atoms with van der Waals surface area (Å²) in [6.07, 6.45) is 3.10. The van der Waals surface area contributed by atoms with Crippen LogP contribution in [-0.4, -0.2) is 41.1 Å². The number of rotatable bonds is 4. The summed E-state index contributed by atoms with van der Waals surface area (Å²) in [5.74, 6) is -1.52. The first kappa shape index (κ1) is 15.3. The third-order valence-corrected chi connectivity index (χ3v) is 5.09. The Bertz CT molecular complexity index is 391. The van der Waals surface area contributed by atoms with Crippen molar-refractivity contribution in [2.45, 2.75) is 52.1 Å². The van der Waals surface area contributed by atoms with Crippen molar-refractivity contribution in [2.24, 2.45) is 17.3 Å². The van der Waals surface area contributed by atoms with Crippen LogP contribution in [0.1, 0.15) is 46.0 Å². The highest BCUT2D eigenvalue weighted by molar-refractivity contribution is 5.83. The van der Waals surface area contributed by atoms with E-state index in [2.05, 4.69) is 0 Å². The molecule has 2 unspecified atom stereocenters. The largest absolute Gasteiger partial charge is 0.479 e. The van der Waals surface area contributed by atoms with E-state index < -0.39 is 23.5 Å². The lowest BCUT2D eigenvalue weighted by molar-refractivity contribution is -0.146. The molecule has 1 saturated carbocycles. The molecule has 1 saturated heterocycles. The van der Waals surface area contributed by atoms with Gasteiger partial charge in [0.1, 0.15) is 0 Å². The van der Waals surface area contributed by atoms with Crippen LogP contribution >= 0.6 is 0 Å². The van der Waals surface area contributed by atoms with Gasteiger partial charge < -0.3 is 10.0 Å². The Morgan fingerprint density at radius 1 is 1.25 bits per heavy atom. The molecule has 1 heterocycles. The number of alkyl halides is 1. The highest BCUT2D eigenvalue weighted by Gasteiger charge is 2.44. The Morgan fingerprint density at radius 3 is 2.40 bits per heavy atom. The van der Waals surface area contributed by atoms with Gasteiger partial charge in [-0.1, -0.05) is 26.7 Å². The molecule has 2 aliphatic rings. The van der Waals surface area contributed by atoms with Gasteiger partial charge in [0.2, 0.25) is 12.1 Å². The van der Waals surface area contributed by atoms with Crippen molar-refractivity contribution in [3.8, 4) is 0 Å². The second-order valence-electron chi connectivity index (χ2n) is 6.74. The van der Waals surface area contributed by atoms with Gasteiger partial charge in [-0.05, 0) is 25.2 Å². The Kier molecular flexibility index (Phi) is 4.35. The molecule has 0 aromatic heterocycles. The normalized spacial score (nSPS) is 25.9. The van der Waals surface area contributed by atoms with Crippen LogP contribution in [0.15, 0.2) is 0 Å². The quantitative estimate of drug-likeness (QED) is 0.863. The van der Waals surface area contributed by atoms with Crippen molar-refractivity contribution in [2.75, 3.05) is 13.1 Å². The summed E-state index contributed by atoms with van der Waals surface area (Å²) in [5.41, 5.74) is -0.416. The van der Waals surface area contributed by atoms with Gasteiger partial charge in [-0.25, -0.2) is 9.18 Å². The van der Waals surface area contributed by atoms with Crippen molar-refractivity contribution in [3.63, 3.8) is 0 Å². The van der Waals surface area contributed by atoms with Crippen LogP contribution in [-0.2, 0) is 9.59 Å². The van der Waals surface area contributed by atoms with E-state index in [1.54, 1.807) is 4.90 Å². The molecular formula is C15H24FNO3. The smallest absolute Gasteiger partial charge is 0.338 e. The van der Waals surface area contributed by atoms with Crippen molar-refractivity contribution in [1.29, 1.82) is 0 Å². The first-order chi connectivity index (χ1) is 9.34. The van der Waals surface area contributed by atoms with Gasteiger partial charge in [-0.2, -0.15) is 0 Å². The summed E-state index contributed by atoms with van der Waals surface area (Å²) < 4.78 is 13.5. The van der Waals surface area contributed by atoms with E-state index in [-0.39, 0.29) is 12.5 Å². The summed E-state index contributed by atoms with van der Waals surface area (Å²) in [6, 6.07) is 0. The monoisotopic (exact) mass is 285 g/mol. The number of amides is 1. The number of halogens is 1. The van der Waals surface area contributed by atoms with E-state index in [4.69, 9.17) is 5.11 Å². The SMILES string of the molecule is CC(C)(C(=O)N1CCC(C(F)C(=O)O)C1)C1CCCC1. The zero-order valence-corrected chi connectivity index (χ0v) is 12.3. The summed E-state index contributed by atoms with van der Waals surface area (Å²) >= 11 is 0. The fourth-order valence-electron chi connectivity index (χ4n) is 3.64. The molecule has 20 heavy (non-hydrogen) atoms. The van der Waals surface area contributed by atoms with Gasteiger partial charge in [-0.15, -0.1) is 0 Å². The van der Waals surface area contributed by atoms with E-state index in [1.165, 1.54) is 12.8 Å². The van der Waals surface area contributed by atoms with Crippen LogP contribution in [0.3, 0.4) is 0 Å². The van der Waals surface area contributed by atoms with Gasteiger partial charge in [0.05, 0.1) is 0 Å². The third-order valence-electron chi connectivity index (χ3n) is 5.09. The van der Waals surface area contributed by atoms with Crippen LogP contribution in [0.4, 0.5) is 4.39 Å². The number of hydrogen-bond donors (Lipinski definition) is 1. The molecule has 0 aromatic rings. The molecule has 0 spiro atoms. The van der Waals surface area contributed by atoms with Gasteiger partial charge in [-0.3, -0.25) is 4.79 Å². The van der Waals surface area contributed by atoms with Crippen molar-refractivity contribution in [1.82, 2.24) is 4.90 Å². The zero-order valence-electron chi connectivity index (χ0n) is 12.3. The number of aliphatic carboxylic acids is 1. The van der Waals surface area contributed by atoms with Crippen molar-refractivity contribution >= 4 is 11.9 Å². The fourth-order valence-corrected chi connectivity index (χ4v) is 3.64. The average Bonchev–Trinajstić information content (AvgIpc) is 3.07. The molecule has 2 atom stereocenters. The molecule has 0 radical (unpaired) electrons. The van der Waals surface area contributed by atoms with E-state index in [1.807, 2.05) is 13.8 Å².